The number of hydrogen-bond acceptors (Lipinski definition) is 9. The number of benzene rings is 2. The van der Waals surface area contributed by atoms with Crippen LogP contribution in [0.15, 0.2) is 68.8 Å². The summed E-state index contributed by atoms with van der Waals surface area (Å²) >= 11 is 0. The molecule has 2 aromatic carbocycles. The molecule has 1 aromatic heterocycles. The number of rotatable bonds is 5. The Morgan fingerprint density at radius 1 is 0.857 bits per heavy atom. The van der Waals surface area contributed by atoms with Gasteiger partial charge in [0.25, 0.3) is 20.2 Å². The molecule has 0 aliphatic rings. The maximum absolute atomic E-state index is 11.6. The summed E-state index contributed by atoms with van der Waals surface area (Å²) in [5, 5.41) is 18.4. The zero-order chi connectivity index (χ0) is 19.7. The summed E-state index contributed by atoms with van der Waals surface area (Å²) in [4.78, 5) is 0.108. The van der Waals surface area contributed by atoms with Gasteiger partial charge in [0, 0.05) is 0 Å². The van der Waals surface area contributed by atoms with E-state index in [4.69, 9.17) is 4.55 Å². The van der Waals surface area contributed by atoms with E-state index in [1.54, 1.807) is 0 Å². The summed E-state index contributed by atoms with van der Waals surface area (Å²) in [5.41, 5.74) is 0.301. The van der Waals surface area contributed by atoms with Gasteiger partial charge < -0.3 is 0 Å². The minimum atomic E-state index is -4.61. The Morgan fingerprint density at radius 3 is 2.00 bits per heavy atom. The molecule has 0 saturated carbocycles. The number of azo groups is 1. The molecular formula is C13H11N6NaO6S2. The molecule has 0 saturated heterocycles. The van der Waals surface area contributed by atoms with Gasteiger partial charge in [0.05, 0.1) is 16.3 Å². The summed E-state index contributed by atoms with van der Waals surface area (Å²) < 4.78 is 63.6. The Kier molecular flexibility index (Phi) is 6.76. The molecule has 0 bridgehead atoms. The number of tetrazole rings is 1. The van der Waals surface area contributed by atoms with E-state index in [9.17, 15) is 21.4 Å². The molecule has 0 aliphatic heterocycles. The van der Waals surface area contributed by atoms with Crippen molar-refractivity contribution in [2.75, 3.05) is 0 Å². The number of nitrogens with zero attached hydrogens (tertiary/aromatic N) is 6. The molecule has 1 heterocycles. The van der Waals surface area contributed by atoms with E-state index < -0.39 is 25.1 Å². The van der Waals surface area contributed by atoms with Gasteiger partial charge in [-0.15, -0.1) is 15.0 Å². The quantitative estimate of drug-likeness (QED) is 0.336. The molecule has 15 heteroatoms. The second-order valence-electron chi connectivity index (χ2n) is 5.02. The first-order valence-electron chi connectivity index (χ1n) is 6.99. The standard InChI is InChI=1S/C13H10N6O6S2.Na.H/c20-26(21,22)11-4-1-9(2-5-11)16-17-10-3-6-12(19-15-8-14-18-19)13(7-10)27(23,24)25;;/h1-8H,(H,20,21,22)(H,23,24,25);;. The van der Waals surface area contributed by atoms with Crippen LogP contribution in [0.4, 0.5) is 11.4 Å². The topological polar surface area (TPSA) is 177 Å². The molecule has 3 aromatic rings. The first-order valence-corrected chi connectivity index (χ1v) is 9.87. The monoisotopic (exact) mass is 434 g/mol. The van der Waals surface area contributed by atoms with Crippen LogP contribution in [0.25, 0.3) is 5.69 Å². The van der Waals surface area contributed by atoms with Crippen molar-refractivity contribution in [3.05, 3.63) is 48.8 Å². The fourth-order valence-corrected chi connectivity index (χ4v) is 3.18. The van der Waals surface area contributed by atoms with Crippen LogP contribution in [0, 0.1) is 0 Å². The van der Waals surface area contributed by atoms with Crippen molar-refractivity contribution in [2.24, 2.45) is 10.2 Å². The van der Waals surface area contributed by atoms with E-state index in [0.717, 1.165) is 29.3 Å². The normalized spacial score (nSPS) is 12.1. The van der Waals surface area contributed by atoms with Crippen molar-refractivity contribution in [3.8, 4) is 5.69 Å². The Hall–Kier alpha value is -2.07. The first kappa shape index (κ1) is 22.2. The van der Waals surface area contributed by atoms with E-state index in [-0.39, 0.29) is 51.5 Å². The van der Waals surface area contributed by atoms with Crippen LogP contribution in [-0.2, 0) is 20.2 Å². The van der Waals surface area contributed by atoms with Gasteiger partial charge in [-0.05, 0) is 47.7 Å². The fourth-order valence-electron chi connectivity index (χ4n) is 2.01. The summed E-state index contributed by atoms with van der Waals surface area (Å²) in [6.45, 7) is 0. The van der Waals surface area contributed by atoms with E-state index in [1.165, 1.54) is 24.3 Å². The van der Waals surface area contributed by atoms with Crippen molar-refractivity contribution in [1.29, 1.82) is 0 Å². The molecule has 3 rings (SSSR count). The van der Waals surface area contributed by atoms with E-state index in [0.29, 0.717) is 0 Å². The third-order valence-electron chi connectivity index (χ3n) is 3.20. The molecule has 0 radical (unpaired) electrons. The zero-order valence-corrected chi connectivity index (χ0v) is 14.8. The molecule has 0 aliphatic carbocycles. The second-order valence-corrected chi connectivity index (χ2v) is 7.83. The van der Waals surface area contributed by atoms with Crippen molar-refractivity contribution < 1.29 is 25.9 Å². The van der Waals surface area contributed by atoms with Gasteiger partial charge in [-0.25, -0.2) is 0 Å². The van der Waals surface area contributed by atoms with Crippen molar-refractivity contribution in [1.82, 2.24) is 20.2 Å². The number of hydrogen-bond donors (Lipinski definition) is 2. The molecule has 0 atom stereocenters. The van der Waals surface area contributed by atoms with Gasteiger partial charge in [-0.1, -0.05) is 0 Å². The first-order chi connectivity index (χ1) is 12.6. The Morgan fingerprint density at radius 2 is 1.46 bits per heavy atom. The van der Waals surface area contributed by atoms with Gasteiger partial charge in [0.1, 0.15) is 10.6 Å². The summed E-state index contributed by atoms with van der Waals surface area (Å²) in [5.74, 6) is 0. The summed E-state index contributed by atoms with van der Waals surface area (Å²) in [6.07, 6.45) is 1.09. The van der Waals surface area contributed by atoms with Crippen LogP contribution in [0.2, 0.25) is 0 Å². The van der Waals surface area contributed by atoms with Gasteiger partial charge in [0.2, 0.25) is 0 Å². The molecule has 12 nitrogen and oxygen atoms in total. The predicted molar refractivity (Wildman–Crippen MR) is 96.6 cm³/mol. The molecule has 0 amide bonds. The predicted octanol–water partition coefficient (Wildman–Crippen LogP) is 0.923. The van der Waals surface area contributed by atoms with Gasteiger partial charge >= 0.3 is 29.6 Å². The van der Waals surface area contributed by atoms with E-state index >= 15 is 0 Å². The minimum absolute atomic E-state index is 0. The van der Waals surface area contributed by atoms with E-state index in [1.807, 2.05) is 0 Å². The molecule has 0 spiro atoms. The maximum atomic E-state index is 11.6. The Labute approximate surface area is 181 Å². The SMILES string of the molecule is O=S(=O)(O)c1ccc(N=Nc2ccc(-n3ncnn3)c(S(=O)(=O)O)c2)cc1.[NaH]. The van der Waals surface area contributed by atoms with Gasteiger partial charge in [-0.3, -0.25) is 9.11 Å². The van der Waals surface area contributed by atoms with Crippen LogP contribution in [0.5, 0.6) is 0 Å². The van der Waals surface area contributed by atoms with Gasteiger partial charge in [-0.2, -0.15) is 27.1 Å². The molecular weight excluding hydrogens is 423 g/mol. The number of aromatic nitrogens is 4. The molecule has 0 fully saturated rings. The Bertz CT molecular complexity index is 1210. The molecule has 142 valence electrons. The molecule has 2 N–H and O–H groups in total. The van der Waals surface area contributed by atoms with Crippen molar-refractivity contribution >= 4 is 61.2 Å². The van der Waals surface area contributed by atoms with Crippen LogP contribution in [0.1, 0.15) is 0 Å². The average molecular weight is 434 g/mol. The Balaban J connectivity index is 0.00000280. The van der Waals surface area contributed by atoms with Crippen LogP contribution in [0.3, 0.4) is 0 Å². The molecule has 28 heavy (non-hydrogen) atoms. The third-order valence-corrected chi connectivity index (χ3v) is 4.95. The van der Waals surface area contributed by atoms with Gasteiger partial charge in [0.15, 0.2) is 6.33 Å². The van der Waals surface area contributed by atoms with Crippen LogP contribution in [-0.4, -0.2) is 75.7 Å². The molecule has 0 unspecified atom stereocenters. The van der Waals surface area contributed by atoms with Crippen LogP contribution >= 0.6 is 0 Å². The fraction of sp³-hybridized carbons (Fsp3) is 0. The van der Waals surface area contributed by atoms with Crippen LogP contribution < -0.4 is 0 Å². The third kappa shape index (κ3) is 5.26. The van der Waals surface area contributed by atoms with E-state index in [2.05, 4.69) is 25.6 Å². The van der Waals surface area contributed by atoms with Crippen molar-refractivity contribution in [3.63, 3.8) is 0 Å². The van der Waals surface area contributed by atoms with Crippen molar-refractivity contribution in [2.45, 2.75) is 9.79 Å². The summed E-state index contributed by atoms with van der Waals surface area (Å²) in [6, 6.07) is 8.63. The second kappa shape index (κ2) is 8.52. The average Bonchev–Trinajstić information content (AvgIpc) is 3.13. The zero-order valence-electron chi connectivity index (χ0n) is 13.1. The summed E-state index contributed by atoms with van der Waals surface area (Å²) in [7, 11) is -8.93.